The van der Waals surface area contributed by atoms with Gasteiger partial charge in [-0.1, -0.05) is 13.8 Å². The second kappa shape index (κ2) is 5.90. The molecule has 0 fully saturated rings. The molecule has 0 spiro atoms. The Kier molecular flexibility index (Phi) is 4.21. The van der Waals surface area contributed by atoms with E-state index < -0.39 is 11.5 Å². The van der Waals surface area contributed by atoms with Gasteiger partial charge in [-0.2, -0.15) is 5.10 Å². The van der Waals surface area contributed by atoms with Gasteiger partial charge in [-0.05, 0) is 25.0 Å². The van der Waals surface area contributed by atoms with E-state index >= 15 is 0 Å². The molecular weight excluding hydrogens is 272 g/mol. The van der Waals surface area contributed by atoms with E-state index in [4.69, 9.17) is 5.11 Å². The van der Waals surface area contributed by atoms with Crippen LogP contribution in [0.3, 0.4) is 0 Å². The first-order chi connectivity index (χ1) is 9.90. The molecule has 2 aromatic rings. The van der Waals surface area contributed by atoms with Crippen molar-refractivity contribution in [3.63, 3.8) is 0 Å². The number of aromatic nitrogens is 4. The molecule has 112 valence electrons. The number of carboxylic acid groups (broad SMARTS) is 1. The van der Waals surface area contributed by atoms with Crippen LogP contribution in [0.4, 0.5) is 0 Å². The van der Waals surface area contributed by atoms with Crippen molar-refractivity contribution in [2.75, 3.05) is 0 Å². The van der Waals surface area contributed by atoms with Crippen LogP contribution in [0.2, 0.25) is 0 Å². The monoisotopic (exact) mass is 290 g/mol. The quantitative estimate of drug-likeness (QED) is 0.892. The van der Waals surface area contributed by atoms with Crippen LogP contribution in [0.25, 0.3) is 0 Å². The molecule has 0 aliphatic rings. The van der Waals surface area contributed by atoms with E-state index in [1.165, 1.54) is 17.0 Å². The van der Waals surface area contributed by atoms with Crippen LogP contribution < -0.4 is 5.56 Å². The highest BCUT2D eigenvalue weighted by atomic mass is 16.4. The Morgan fingerprint density at radius 2 is 2.10 bits per heavy atom. The summed E-state index contributed by atoms with van der Waals surface area (Å²) in [6, 6.07) is 2.95. The van der Waals surface area contributed by atoms with Gasteiger partial charge in [0, 0.05) is 12.2 Å². The Balaban J connectivity index is 2.41. The molecule has 2 heterocycles. The first-order valence-electron chi connectivity index (χ1n) is 6.70. The summed E-state index contributed by atoms with van der Waals surface area (Å²) in [4.78, 5) is 27.4. The Morgan fingerprint density at radius 1 is 1.38 bits per heavy atom. The lowest BCUT2D eigenvalue weighted by Crippen LogP contribution is -2.29. The Bertz CT molecular complexity index is 715. The fourth-order valence-electron chi connectivity index (χ4n) is 2.08. The van der Waals surface area contributed by atoms with Crippen LogP contribution in [0.15, 0.2) is 23.3 Å². The average Bonchev–Trinajstić information content (AvgIpc) is 2.80. The van der Waals surface area contributed by atoms with E-state index in [9.17, 15) is 9.59 Å². The van der Waals surface area contributed by atoms with Crippen molar-refractivity contribution in [2.24, 2.45) is 5.92 Å². The molecule has 7 heteroatoms. The Hall–Kier alpha value is -2.44. The largest absolute Gasteiger partial charge is 0.477 e. The number of carbonyl (C=O) groups is 1. The van der Waals surface area contributed by atoms with Crippen molar-refractivity contribution in [3.05, 3.63) is 45.9 Å². The predicted molar refractivity (Wildman–Crippen MR) is 76.4 cm³/mol. The van der Waals surface area contributed by atoms with Gasteiger partial charge in [-0.3, -0.25) is 4.79 Å². The van der Waals surface area contributed by atoms with Crippen molar-refractivity contribution >= 4 is 5.97 Å². The third kappa shape index (κ3) is 3.18. The first-order valence-corrected chi connectivity index (χ1v) is 6.70. The molecule has 0 saturated heterocycles. The minimum atomic E-state index is -1.22. The average molecular weight is 290 g/mol. The number of rotatable bonds is 5. The number of hydrogen-bond acceptors (Lipinski definition) is 4. The number of nitrogens with zero attached hydrogens (tertiary/aromatic N) is 4. The zero-order chi connectivity index (χ0) is 15.6. The standard InChI is InChI=1S/C14H18N4O3/c1-9(2)6-18-12(15-8-16-18)7-17-10(3)4-5-11(13(17)19)14(20)21/h4-5,8-9H,6-7H2,1-3H3,(H,20,21). The van der Waals surface area contributed by atoms with Crippen LogP contribution >= 0.6 is 0 Å². The van der Waals surface area contributed by atoms with E-state index in [0.29, 0.717) is 24.0 Å². The topological polar surface area (TPSA) is 90.0 Å². The molecule has 0 aliphatic heterocycles. The van der Waals surface area contributed by atoms with Crippen LogP contribution in [0, 0.1) is 12.8 Å². The summed E-state index contributed by atoms with van der Waals surface area (Å²) in [5.74, 6) is -0.192. The highest BCUT2D eigenvalue weighted by molar-refractivity contribution is 5.87. The lowest BCUT2D eigenvalue weighted by atomic mass is 10.2. The molecule has 21 heavy (non-hydrogen) atoms. The van der Waals surface area contributed by atoms with Gasteiger partial charge in [0.2, 0.25) is 0 Å². The molecule has 0 amide bonds. The maximum atomic E-state index is 12.2. The lowest BCUT2D eigenvalue weighted by Gasteiger charge is -2.12. The van der Waals surface area contributed by atoms with Crippen molar-refractivity contribution in [3.8, 4) is 0 Å². The molecule has 0 radical (unpaired) electrons. The van der Waals surface area contributed by atoms with Crippen LogP contribution in [-0.4, -0.2) is 30.4 Å². The summed E-state index contributed by atoms with van der Waals surface area (Å²) < 4.78 is 3.15. The number of hydrogen-bond donors (Lipinski definition) is 1. The summed E-state index contributed by atoms with van der Waals surface area (Å²) in [6.45, 7) is 6.79. The first kappa shape index (κ1) is 15.0. The predicted octanol–water partition coefficient (Wildman–Crippen LogP) is 1.15. The van der Waals surface area contributed by atoms with Gasteiger partial charge in [0.1, 0.15) is 17.7 Å². The number of aryl methyl sites for hydroxylation is 1. The molecule has 0 aromatic carbocycles. The van der Waals surface area contributed by atoms with E-state index in [2.05, 4.69) is 23.9 Å². The number of aromatic carboxylic acids is 1. The fourth-order valence-corrected chi connectivity index (χ4v) is 2.08. The summed E-state index contributed by atoms with van der Waals surface area (Å²) >= 11 is 0. The van der Waals surface area contributed by atoms with E-state index in [1.807, 2.05) is 0 Å². The molecule has 7 nitrogen and oxygen atoms in total. The highest BCUT2D eigenvalue weighted by Crippen LogP contribution is 2.05. The van der Waals surface area contributed by atoms with Gasteiger partial charge >= 0.3 is 5.97 Å². The van der Waals surface area contributed by atoms with E-state index in [0.717, 1.165) is 0 Å². The van der Waals surface area contributed by atoms with E-state index in [-0.39, 0.29) is 12.1 Å². The third-order valence-electron chi connectivity index (χ3n) is 3.16. The number of pyridine rings is 1. The minimum Gasteiger partial charge on any atom is -0.477 e. The zero-order valence-electron chi connectivity index (χ0n) is 12.3. The third-order valence-corrected chi connectivity index (χ3v) is 3.16. The summed E-state index contributed by atoms with van der Waals surface area (Å²) in [7, 11) is 0. The van der Waals surface area contributed by atoms with Crippen molar-refractivity contribution < 1.29 is 9.90 Å². The van der Waals surface area contributed by atoms with Crippen molar-refractivity contribution in [2.45, 2.75) is 33.9 Å². The zero-order valence-corrected chi connectivity index (χ0v) is 12.3. The van der Waals surface area contributed by atoms with Gasteiger partial charge in [0.05, 0.1) is 6.54 Å². The summed E-state index contributed by atoms with van der Waals surface area (Å²) in [5.41, 5.74) is -0.0822. The molecular formula is C14H18N4O3. The van der Waals surface area contributed by atoms with Gasteiger partial charge in [-0.15, -0.1) is 0 Å². The molecule has 0 atom stereocenters. The minimum absolute atomic E-state index is 0.207. The second-order valence-corrected chi connectivity index (χ2v) is 5.34. The molecule has 0 aliphatic carbocycles. The van der Waals surface area contributed by atoms with Gasteiger partial charge in [0.15, 0.2) is 0 Å². The molecule has 2 aromatic heterocycles. The Labute approximate surface area is 121 Å². The van der Waals surface area contributed by atoms with Gasteiger partial charge in [0.25, 0.3) is 5.56 Å². The van der Waals surface area contributed by atoms with Crippen LogP contribution in [0.5, 0.6) is 0 Å². The lowest BCUT2D eigenvalue weighted by molar-refractivity contribution is 0.0694. The highest BCUT2D eigenvalue weighted by Gasteiger charge is 2.15. The molecule has 1 N–H and O–H groups in total. The SMILES string of the molecule is Cc1ccc(C(=O)O)c(=O)n1Cc1ncnn1CC(C)C. The Morgan fingerprint density at radius 3 is 2.71 bits per heavy atom. The maximum absolute atomic E-state index is 12.2. The molecule has 2 rings (SSSR count). The van der Waals surface area contributed by atoms with Crippen molar-refractivity contribution in [1.82, 2.24) is 19.3 Å². The normalized spacial score (nSPS) is 11.0. The molecule has 0 saturated carbocycles. The van der Waals surface area contributed by atoms with Crippen LogP contribution in [0.1, 0.15) is 35.7 Å². The molecule has 0 bridgehead atoms. The second-order valence-electron chi connectivity index (χ2n) is 5.34. The van der Waals surface area contributed by atoms with Gasteiger partial charge < -0.3 is 9.67 Å². The summed E-state index contributed by atoms with van der Waals surface area (Å²) in [6.07, 6.45) is 1.44. The van der Waals surface area contributed by atoms with Gasteiger partial charge in [-0.25, -0.2) is 14.5 Å². The van der Waals surface area contributed by atoms with E-state index in [1.54, 1.807) is 17.7 Å². The van der Waals surface area contributed by atoms with Crippen molar-refractivity contribution in [1.29, 1.82) is 0 Å². The molecule has 0 unspecified atom stereocenters. The fraction of sp³-hybridized carbons (Fsp3) is 0.429. The smallest absolute Gasteiger partial charge is 0.341 e. The summed E-state index contributed by atoms with van der Waals surface area (Å²) in [5, 5.41) is 13.2. The van der Waals surface area contributed by atoms with Crippen LogP contribution in [-0.2, 0) is 13.1 Å². The maximum Gasteiger partial charge on any atom is 0.341 e. The number of carboxylic acids is 1.